The summed E-state index contributed by atoms with van der Waals surface area (Å²) in [5, 5.41) is 14.3. The molecule has 0 bridgehead atoms. The molecule has 0 saturated carbocycles. The zero-order chi connectivity index (χ0) is 15.1. The molecule has 0 heterocycles. The molecule has 0 fully saturated rings. The maximum absolute atomic E-state index is 10.3. The van der Waals surface area contributed by atoms with Crippen molar-refractivity contribution in [1.82, 2.24) is 10.2 Å². The highest BCUT2D eigenvalue weighted by molar-refractivity contribution is 6.31. The zero-order valence-corrected chi connectivity index (χ0v) is 13.7. The first-order valence-corrected chi connectivity index (χ1v) is 7.58. The Labute approximate surface area is 127 Å². The summed E-state index contributed by atoms with van der Waals surface area (Å²) in [4.78, 5) is 2.17. The van der Waals surface area contributed by atoms with E-state index in [9.17, 15) is 5.11 Å². The van der Waals surface area contributed by atoms with Crippen LogP contribution in [0.5, 0.6) is 0 Å². The van der Waals surface area contributed by atoms with Crippen LogP contribution in [-0.4, -0.2) is 43.2 Å². The number of aliphatic hydroxyl groups excluding tert-OH is 1. The number of likely N-dealkylation sites (N-methyl/N-ethyl adjacent to an activating group) is 1. The molecule has 2 atom stereocenters. The van der Waals surface area contributed by atoms with Crippen LogP contribution in [0.25, 0.3) is 0 Å². The van der Waals surface area contributed by atoms with Gasteiger partial charge in [-0.25, -0.2) is 0 Å². The van der Waals surface area contributed by atoms with Crippen LogP contribution in [0.4, 0.5) is 0 Å². The second-order valence-electron chi connectivity index (χ2n) is 6.03. The molecule has 4 heteroatoms. The Balaban J connectivity index is 2.55. The number of benzene rings is 1. The lowest BCUT2D eigenvalue weighted by Crippen LogP contribution is -2.41. The Morgan fingerprint density at radius 2 is 1.90 bits per heavy atom. The van der Waals surface area contributed by atoms with Gasteiger partial charge in [0, 0.05) is 29.7 Å². The van der Waals surface area contributed by atoms with Crippen molar-refractivity contribution < 1.29 is 5.11 Å². The van der Waals surface area contributed by atoms with Crippen molar-refractivity contribution in [2.45, 2.75) is 32.4 Å². The van der Waals surface area contributed by atoms with Gasteiger partial charge in [0.2, 0.25) is 0 Å². The van der Waals surface area contributed by atoms with Crippen molar-refractivity contribution in [3.8, 4) is 0 Å². The summed E-state index contributed by atoms with van der Waals surface area (Å²) in [6, 6.07) is 7.83. The number of hydrogen-bond acceptors (Lipinski definition) is 3. The normalized spacial score (nSPS) is 14.8. The topological polar surface area (TPSA) is 35.5 Å². The maximum Gasteiger partial charge on any atom is 0.0928 e. The molecule has 0 spiro atoms. The lowest BCUT2D eigenvalue weighted by atomic mass is 10.0. The molecule has 1 aromatic rings. The molecule has 0 saturated heterocycles. The van der Waals surface area contributed by atoms with E-state index in [0.29, 0.717) is 23.5 Å². The van der Waals surface area contributed by atoms with E-state index in [0.717, 1.165) is 18.5 Å². The maximum atomic E-state index is 10.3. The first kappa shape index (κ1) is 17.4. The molecule has 2 N–H and O–H groups in total. The standard InChI is InChI=1S/C16H27ClN2O/c1-12(2)9-13(11-19(3)4)18-10-16(20)14-7-5-6-8-15(14)17/h5-8,12-13,16,18,20H,9-11H2,1-4H3. The fourth-order valence-electron chi connectivity index (χ4n) is 2.37. The third-order valence-electron chi connectivity index (χ3n) is 3.21. The van der Waals surface area contributed by atoms with Crippen LogP contribution < -0.4 is 5.32 Å². The van der Waals surface area contributed by atoms with Gasteiger partial charge in [0.1, 0.15) is 0 Å². The van der Waals surface area contributed by atoms with Crippen molar-refractivity contribution in [3.63, 3.8) is 0 Å². The zero-order valence-electron chi connectivity index (χ0n) is 12.9. The van der Waals surface area contributed by atoms with Gasteiger partial charge in [-0.1, -0.05) is 43.6 Å². The Hall–Kier alpha value is -0.610. The van der Waals surface area contributed by atoms with E-state index in [1.807, 2.05) is 24.3 Å². The summed E-state index contributed by atoms with van der Waals surface area (Å²) in [6.45, 7) is 5.92. The fourth-order valence-corrected chi connectivity index (χ4v) is 2.63. The van der Waals surface area contributed by atoms with Crippen LogP contribution in [0.3, 0.4) is 0 Å². The Kier molecular flexibility index (Phi) is 7.52. The number of hydrogen-bond donors (Lipinski definition) is 2. The van der Waals surface area contributed by atoms with Crippen LogP contribution in [0.15, 0.2) is 24.3 Å². The predicted molar refractivity (Wildman–Crippen MR) is 86.2 cm³/mol. The minimum absolute atomic E-state index is 0.377. The molecular weight excluding hydrogens is 272 g/mol. The molecule has 1 rings (SSSR count). The number of rotatable bonds is 8. The second kappa shape index (κ2) is 8.63. The Bertz CT molecular complexity index is 386. The van der Waals surface area contributed by atoms with Crippen molar-refractivity contribution in [1.29, 1.82) is 0 Å². The highest BCUT2D eigenvalue weighted by Gasteiger charge is 2.16. The highest BCUT2D eigenvalue weighted by atomic mass is 35.5. The van der Waals surface area contributed by atoms with E-state index < -0.39 is 6.10 Å². The Morgan fingerprint density at radius 3 is 2.45 bits per heavy atom. The molecule has 0 aromatic heterocycles. The lowest BCUT2D eigenvalue weighted by Gasteiger charge is -2.25. The van der Waals surface area contributed by atoms with Crippen LogP contribution in [-0.2, 0) is 0 Å². The molecular formula is C16H27ClN2O. The van der Waals surface area contributed by atoms with Gasteiger partial charge in [-0.15, -0.1) is 0 Å². The number of halogens is 1. The van der Waals surface area contributed by atoms with Crippen LogP contribution in [0.1, 0.15) is 31.9 Å². The molecule has 1 aromatic carbocycles. The number of aliphatic hydroxyl groups is 1. The van der Waals surface area contributed by atoms with E-state index in [-0.39, 0.29) is 0 Å². The molecule has 0 radical (unpaired) electrons. The van der Waals surface area contributed by atoms with Crippen LogP contribution in [0, 0.1) is 5.92 Å². The summed E-state index contributed by atoms with van der Waals surface area (Å²) >= 11 is 6.11. The molecule has 2 unspecified atom stereocenters. The third kappa shape index (κ3) is 6.23. The van der Waals surface area contributed by atoms with Crippen LogP contribution in [0.2, 0.25) is 5.02 Å². The molecule has 20 heavy (non-hydrogen) atoms. The summed E-state index contributed by atoms with van der Waals surface area (Å²) in [6.07, 6.45) is 0.522. The number of nitrogens with zero attached hydrogens (tertiary/aromatic N) is 1. The van der Waals surface area contributed by atoms with Crippen molar-refractivity contribution in [2.75, 3.05) is 27.2 Å². The average molecular weight is 299 g/mol. The van der Waals surface area contributed by atoms with Crippen molar-refractivity contribution in [3.05, 3.63) is 34.9 Å². The monoisotopic (exact) mass is 298 g/mol. The van der Waals surface area contributed by atoms with Crippen molar-refractivity contribution in [2.24, 2.45) is 5.92 Å². The highest BCUT2D eigenvalue weighted by Crippen LogP contribution is 2.22. The first-order chi connectivity index (χ1) is 9.40. The summed E-state index contributed by atoms with van der Waals surface area (Å²) in [7, 11) is 4.14. The fraction of sp³-hybridized carbons (Fsp3) is 0.625. The average Bonchev–Trinajstić information content (AvgIpc) is 2.34. The predicted octanol–water partition coefficient (Wildman–Crippen LogP) is 2.94. The van der Waals surface area contributed by atoms with E-state index >= 15 is 0 Å². The second-order valence-corrected chi connectivity index (χ2v) is 6.44. The molecule has 0 aliphatic rings. The molecule has 3 nitrogen and oxygen atoms in total. The van der Waals surface area contributed by atoms with Gasteiger partial charge in [0.05, 0.1) is 6.10 Å². The van der Waals surface area contributed by atoms with Gasteiger partial charge in [0.15, 0.2) is 0 Å². The van der Waals surface area contributed by atoms with Gasteiger partial charge in [-0.3, -0.25) is 0 Å². The molecule has 114 valence electrons. The van der Waals surface area contributed by atoms with E-state index in [1.165, 1.54) is 0 Å². The summed E-state index contributed by atoms with van der Waals surface area (Å²) < 4.78 is 0. The molecule has 0 aliphatic carbocycles. The van der Waals surface area contributed by atoms with E-state index in [4.69, 9.17) is 11.6 Å². The van der Waals surface area contributed by atoms with Gasteiger partial charge in [0.25, 0.3) is 0 Å². The minimum Gasteiger partial charge on any atom is -0.387 e. The van der Waals surface area contributed by atoms with Gasteiger partial charge in [-0.05, 0) is 32.5 Å². The van der Waals surface area contributed by atoms with E-state index in [2.05, 4.69) is 38.2 Å². The first-order valence-electron chi connectivity index (χ1n) is 7.20. The summed E-state index contributed by atoms with van der Waals surface area (Å²) in [5.74, 6) is 0.630. The van der Waals surface area contributed by atoms with Gasteiger partial charge < -0.3 is 15.3 Å². The van der Waals surface area contributed by atoms with Crippen LogP contribution >= 0.6 is 11.6 Å². The molecule has 0 amide bonds. The molecule has 0 aliphatic heterocycles. The quantitative estimate of drug-likeness (QED) is 0.774. The smallest absolute Gasteiger partial charge is 0.0928 e. The lowest BCUT2D eigenvalue weighted by molar-refractivity contribution is 0.163. The van der Waals surface area contributed by atoms with Gasteiger partial charge in [-0.2, -0.15) is 0 Å². The minimum atomic E-state index is -0.569. The third-order valence-corrected chi connectivity index (χ3v) is 3.55. The van der Waals surface area contributed by atoms with E-state index in [1.54, 1.807) is 0 Å². The largest absolute Gasteiger partial charge is 0.387 e. The Morgan fingerprint density at radius 1 is 1.25 bits per heavy atom. The summed E-state index contributed by atoms with van der Waals surface area (Å²) in [5.41, 5.74) is 0.787. The van der Waals surface area contributed by atoms with Gasteiger partial charge >= 0.3 is 0 Å². The van der Waals surface area contributed by atoms with Crippen molar-refractivity contribution >= 4 is 11.6 Å². The number of nitrogens with one attached hydrogen (secondary N) is 1. The SMILES string of the molecule is CC(C)CC(CN(C)C)NCC(O)c1ccccc1Cl.